The van der Waals surface area contributed by atoms with Crippen LogP contribution in [-0.2, 0) is 17.6 Å². The van der Waals surface area contributed by atoms with Crippen molar-refractivity contribution in [1.82, 2.24) is 4.90 Å². The molecule has 7 heteroatoms. The summed E-state index contributed by atoms with van der Waals surface area (Å²) in [7, 11) is 0. The number of carbonyl (C=O) groups excluding carboxylic acids is 2. The van der Waals surface area contributed by atoms with Gasteiger partial charge in [0, 0.05) is 10.6 Å². The van der Waals surface area contributed by atoms with Gasteiger partial charge < -0.3 is 15.4 Å². The lowest BCUT2D eigenvalue weighted by molar-refractivity contribution is -0.117. The summed E-state index contributed by atoms with van der Waals surface area (Å²) in [5.41, 5.74) is 2.67. The monoisotopic (exact) mass is 497 g/mol. The number of carbonyl (C=O) groups is 2. The fourth-order valence-corrected chi connectivity index (χ4v) is 6.48. The van der Waals surface area contributed by atoms with Gasteiger partial charge >= 0.3 is 0 Å². The summed E-state index contributed by atoms with van der Waals surface area (Å²) >= 11 is 1.59. The van der Waals surface area contributed by atoms with Crippen molar-refractivity contribution in [2.75, 3.05) is 36.9 Å². The first-order valence-electron chi connectivity index (χ1n) is 13.0. The zero-order valence-electron chi connectivity index (χ0n) is 21.5. The van der Waals surface area contributed by atoms with Crippen molar-refractivity contribution in [3.05, 3.63) is 40.3 Å². The highest BCUT2D eigenvalue weighted by atomic mass is 32.1. The average molecular weight is 498 g/mol. The van der Waals surface area contributed by atoms with Gasteiger partial charge in [0.1, 0.15) is 10.8 Å². The molecule has 1 aliphatic carbocycles. The van der Waals surface area contributed by atoms with Gasteiger partial charge in [-0.15, -0.1) is 11.3 Å². The van der Waals surface area contributed by atoms with Crippen LogP contribution in [0.25, 0.3) is 0 Å². The first-order valence-corrected chi connectivity index (χ1v) is 13.8. The van der Waals surface area contributed by atoms with E-state index in [0.29, 0.717) is 35.3 Å². The van der Waals surface area contributed by atoms with Crippen molar-refractivity contribution in [3.63, 3.8) is 0 Å². The summed E-state index contributed by atoms with van der Waals surface area (Å²) in [6.45, 7) is 11.7. The third-order valence-corrected chi connectivity index (χ3v) is 8.38. The summed E-state index contributed by atoms with van der Waals surface area (Å²) in [5, 5.41) is 6.86. The van der Waals surface area contributed by atoms with Gasteiger partial charge in [0.15, 0.2) is 0 Å². The molecule has 1 fully saturated rings. The number of benzene rings is 1. The van der Waals surface area contributed by atoms with Crippen LogP contribution in [0, 0.1) is 11.3 Å². The van der Waals surface area contributed by atoms with E-state index in [1.54, 1.807) is 11.3 Å². The summed E-state index contributed by atoms with van der Waals surface area (Å²) in [6.07, 6.45) is 6.39. The second-order valence-corrected chi connectivity index (χ2v) is 11.9. The molecule has 35 heavy (non-hydrogen) atoms. The second-order valence-electron chi connectivity index (χ2n) is 10.8. The molecule has 0 spiro atoms. The van der Waals surface area contributed by atoms with E-state index in [2.05, 4.69) is 36.3 Å². The molecule has 1 aromatic carbocycles. The standard InChI is InChI=1S/C28H39N3O3S/c1-5-34-21-12-10-20(11-13-21)29-26(33)25-22-14-9-19(28(2,3)4)17-23(22)35-27(25)30-24(32)18-31-15-7-6-8-16-31/h10-13,19H,5-9,14-18H2,1-4H3,(H,29,33)(H,30,32). The van der Waals surface area contributed by atoms with E-state index in [4.69, 9.17) is 4.74 Å². The molecule has 190 valence electrons. The number of hydrogen-bond donors (Lipinski definition) is 2. The van der Waals surface area contributed by atoms with Crippen molar-refractivity contribution >= 4 is 33.8 Å². The molecule has 0 bridgehead atoms. The number of fused-ring (bicyclic) bond motifs is 1. The molecule has 2 N–H and O–H groups in total. The number of likely N-dealkylation sites (tertiary alicyclic amines) is 1. The van der Waals surface area contributed by atoms with Gasteiger partial charge in [-0.2, -0.15) is 0 Å². The first kappa shape index (κ1) is 25.7. The highest BCUT2D eigenvalue weighted by molar-refractivity contribution is 7.17. The number of amides is 2. The molecule has 1 saturated heterocycles. The van der Waals surface area contributed by atoms with E-state index >= 15 is 0 Å². The molecule has 1 unspecified atom stereocenters. The first-order chi connectivity index (χ1) is 16.7. The molecule has 0 radical (unpaired) electrons. The van der Waals surface area contributed by atoms with E-state index in [1.807, 2.05) is 31.2 Å². The lowest BCUT2D eigenvalue weighted by Gasteiger charge is -2.33. The molecule has 0 saturated carbocycles. The number of anilines is 2. The minimum atomic E-state index is -0.158. The maximum atomic E-state index is 13.5. The van der Waals surface area contributed by atoms with Gasteiger partial charge in [-0.25, -0.2) is 0 Å². The largest absolute Gasteiger partial charge is 0.494 e. The predicted molar refractivity (Wildman–Crippen MR) is 144 cm³/mol. The maximum Gasteiger partial charge on any atom is 0.258 e. The fourth-order valence-electron chi connectivity index (χ4n) is 5.13. The number of hydrogen-bond acceptors (Lipinski definition) is 5. The molecule has 2 heterocycles. The van der Waals surface area contributed by atoms with Crippen LogP contribution in [0.4, 0.5) is 10.7 Å². The normalized spacial score (nSPS) is 18.6. The fraction of sp³-hybridized carbons (Fsp3) is 0.571. The number of thiophene rings is 1. The van der Waals surface area contributed by atoms with Crippen molar-refractivity contribution < 1.29 is 14.3 Å². The lowest BCUT2D eigenvalue weighted by atomic mass is 9.72. The van der Waals surface area contributed by atoms with Gasteiger partial charge in [0.2, 0.25) is 5.91 Å². The summed E-state index contributed by atoms with van der Waals surface area (Å²) in [5.74, 6) is 1.15. The third-order valence-electron chi connectivity index (χ3n) is 7.21. The number of piperidine rings is 1. The lowest BCUT2D eigenvalue weighted by Crippen LogP contribution is -2.37. The molecule has 2 amide bonds. The van der Waals surface area contributed by atoms with Crippen molar-refractivity contribution in [1.29, 1.82) is 0 Å². The van der Waals surface area contributed by atoms with Crippen LogP contribution >= 0.6 is 11.3 Å². The van der Waals surface area contributed by atoms with Crippen LogP contribution in [0.2, 0.25) is 0 Å². The Morgan fingerprint density at radius 1 is 1.09 bits per heavy atom. The van der Waals surface area contributed by atoms with Crippen LogP contribution in [0.5, 0.6) is 5.75 Å². The molecule has 1 aliphatic heterocycles. The Labute approximate surface area is 213 Å². The second kappa shape index (κ2) is 11.1. The molecular formula is C28H39N3O3S. The van der Waals surface area contributed by atoms with Crippen LogP contribution in [-0.4, -0.2) is 43.0 Å². The molecular weight excluding hydrogens is 458 g/mol. The van der Waals surface area contributed by atoms with Gasteiger partial charge in [0.05, 0.1) is 18.7 Å². The number of ether oxygens (including phenoxy) is 1. The van der Waals surface area contributed by atoms with Gasteiger partial charge in [-0.1, -0.05) is 27.2 Å². The Morgan fingerprint density at radius 3 is 2.46 bits per heavy atom. The van der Waals surface area contributed by atoms with Gasteiger partial charge in [0.25, 0.3) is 5.91 Å². The minimum absolute atomic E-state index is 0.0343. The number of nitrogens with one attached hydrogen (secondary N) is 2. The number of rotatable bonds is 7. The van der Waals surface area contributed by atoms with Crippen LogP contribution < -0.4 is 15.4 Å². The quantitative estimate of drug-likeness (QED) is 0.494. The van der Waals surface area contributed by atoms with E-state index in [1.165, 1.54) is 11.3 Å². The van der Waals surface area contributed by atoms with Crippen molar-refractivity contribution in [2.24, 2.45) is 11.3 Å². The Morgan fingerprint density at radius 2 is 1.80 bits per heavy atom. The van der Waals surface area contributed by atoms with E-state index in [9.17, 15) is 9.59 Å². The topological polar surface area (TPSA) is 70.7 Å². The molecule has 2 aromatic rings. The van der Waals surface area contributed by atoms with Gasteiger partial charge in [-0.05, 0) is 93.3 Å². The zero-order valence-corrected chi connectivity index (χ0v) is 22.4. The van der Waals surface area contributed by atoms with E-state index in [-0.39, 0.29) is 17.2 Å². The Kier molecular flexibility index (Phi) is 8.17. The molecule has 2 aliphatic rings. The number of nitrogens with zero attached hydrogens (tertiary/aromatic N) is 1. The smallest absolute Gasteiger partial charge is 0.258 e. The molecule has 4 rings (SSSR count). The average Bonchev–Trinajstić information content (AvgIpc) is 3.17. The van der Waals surface area contributed by atoms with E-state index < -0.39 is 0 Å². The maximum absolute atomic E-state index is 13.5. The minimum Gasteiger partial charge on any atom is -0.494 e. The molecule has 6 nitrogen and oxygen atoms in total. The van der Waals surface area contributed by atoms with Crippen LogP contribution in [0.3, 0.4) is 0 Å². The summed E-state index contributed by atoms with van der Waals surface area (Å²) < 4.78 is 5.51. The third kappa shape index (κ3) is 6.44. The van der Waals surface area contributed by atoms with Crippen molar-refractivity contribution in [2.45, 2.75) is 66.2 Å². The van der Waals surface area contributed by atoms with Gasteiger partial charge in [-0.3, -0.25) is 14.5 Å². The van der Waals surface area contributed by atoms with Crippen LogP contribution in [0.1, 0.15) is 74.2 Å². The van der Waals surface area contributed by atoms with Crippen LogP contribution in [0.15, 0.2) is 24.3 Å². The molecule has 1 atom stereocenters. The Hall–Kier alpha value is -2.38. The predicted octanol–water partition coefficient (Wildman–Crippen LogP) is 5.97. The van der Waals surface area contributed by atoms with E-state index in [0.717, 1.165) is 56.5 Å². The zero-order chi connectivity index (χ0) is 25.0. The Bertz CT molecular complexity index is 1030. The summed E-state index contributed by atoms with van der Waals surface area (Å²) in [4.78, 5) is 29.9. The highest BCUT2D eigenvalue weighted by Gasteiger charge is 2.34. The van der Waals surface area contributed by atoms with Crippen molar-refractivity contribution in [3.8, 4) is 5.75 Å². The highest BCUT2D eigenvalue weighted by Crippen LogP contribution is 2.44. The Balaban J connectivity index is 1.56. The summed E-state index contributed by atoms with van der Waals surface area (Å²) in [6, 6.07) is 7.42. The molecule has 1 aromatic heterocycles. The SMILES string of the molecule is CCOc1ccc(NC(=O)c2c(NC(=O)CN3CCCCC3)sc3c2CCC(C(C)(C)C)C3)cc1.